The normalized spacial score (nSPS) is 15.7. The van der Waals surface area contributed by atoms with Gasteiger partial charge in [0.05, 0.1) is 5.69 Å². The Morgan fingerprint density at radius 3 is 2.86 bits per heavy atom. The highest BCUT2D eigenvalue weighted by Gasteiger charge is 2.25. The van der Waals surface area contributed by atoms with Crippen molar-refractivity contribution >= 4 is 46.1 Å². The van der Waals surface area contributed by atoms with E-state index in [2.05, 4.69) is 15.2 Å². The van der Waals surface area contributed by atoms with E-state index in [9.17, 15) is 4.79 Å². The number of amides is 1. The molecule has 1 N–H and O–H groups in total. The number of piperidine rings is 1. The minimum atomic E-state index is 0.0597. The van der Waals surface area contributed by atoms with Crippen molar-refractivity contribution in [1.29, 1.82) is 0 Å². The van der Waals surface area contributed by atoms with Crippen molar-refractivity contribution in [2.75, 3.05) is 31.2 Å². The summed E-state index contributed by atoms with van der Waals surface area (Å²) in [4.78, 5) is 20.4. The molecule has 0 radical (unpaired) electrons. The van der Waals surface area contributed by atoms with Gasteiger partial charge in [0.1, 0.15) is 5.52 Å². The highest BCUT2D eigenvalue weighted by molar-refractivity contribution is 7.98. The SMILES string of the molecule is CSc1ccccc1NC(=O)CCN1CCC(c2nc3cc(Cl)ccc3o2)CC1. The Morgan fingerprint density at radius 2 is 2.07 bits per heavy atom. The number of rotatable bonds is 6. The lowest BCUT2D eigenvalue weighted by atomic mass is 9.96. The second-order valence-corrected chi connectivity index (χ2v) is 8.56. The Hall–Kier alpha value is -2.02. The Balaban J connectivity index is 1.27. The van der Waals surface area contributed by atoms with Crippen LogP contribution in [-0.4, -0.2) is 41.7 Å². The van der Waals surface area contributed by atoms with Crippen LogP contribution in [0.15, 0.2) is 51.8 Å². The number of carbonyl (C=O) groups is 1. The predicted octanol–water partition coefficient (Wildman–Crippen LogP) is 5.41. The fourth-order valence-electron chi connectivity index (χ4n) is 3.72. The average molecular weight is 430 g/mol. The topological polar surface area (TPSA) is 58.4 Å². The molecule has 1 aromatic heterocycles. The molecule has 1 amide bonds. The second kappa shape index (κ2) is 9.20. The van der Waals surface area contributed by atoms with E-state index in [0.717, 1.165) is 60.0 Å². The summed E-state index contributed by atoms with van der Waals surface area (Å²) in [5, 5.41) is 3.70. The van der Waals surface area contributed by atoms with Crippen LogP contribution in [0.4, 0.5) is 5.69 Å². The second-order valence-electron chi connectivity index (χ2n) is 7.28. The zero-order chi connectivity index (χ0) is 20.2. The molecule has 7 heteroatoms. The molecule has 152 valence electrons. The minimum Gasteiger partial charge on any atom is -0.440 e. The number of halogens is 1. The third-order valence-electron chi connectivity index (χ3n) is 5.34. The number of hydrogen-bond donors (Lipinski definition) is 1. The molecule has 29 heavy (non-hydrogen) atoms. The van der Waals surface area contributed by atoms with Gasteiger partial charge in [0, 0.05) is 28.8 Å². The van der Waals surface area contributed by atoms with Gasteiger partial charge >= 0.3 is 0 Å². The van der Waals surface area contributed by atoms with Gasteiger partial charge in [-0.3, -0.25) is 4.79 Å². The first-order valence-electron chi connectivity index (χ1n) is 9.83. The standard InChI is InChI=1S/C22H24ClN3O2S/c1-29-20-5-3-2-4-17(20)24-21(27)10-13-26-11-8-15(9-12-26)22-25-18-14-16(23)6-7-19(18)28-22/h2-7,14-15H,8-13H2,1H3,(H,24,27). The molecule has 0 spiro atoms. The first-order chi connectivity index (χ1) is 14.1. The number of thioether (sulfide) groups is 1. The summed E-state index contributed by atoms with van der Waals surface area (Å²) in [7, 11) is 0. The lowest BCUT2D eigenvalue weighted by Crippen LogP contribution is -2.35. The number of hydrogen-bond acceptors (Lipinski definition) is 5. The lowest BCUT2D eigenvalue weighted by molar-refractivity contribution is -0.116. The van der Waals surface area contributed by atoms with Gasteiger partial charge in [0.25, 0.3) is 0 Å². The molecule has 0 bridgehead atoms. The number of aromatic nitrogens is 1. The van der Waals surface area contributed by atoms with Crippen molar-refractivity contribution in [3.05, 3.63) is 53.4 Å². The molecule has 1 aliphatic rings. The quantitative estimate of drug-likeness (QED) is 0.531. The molecule has 1 saturated heterocycles. The maximum absolute atomic E-state index is 12.4. The zero-order valence-corrected chi connectivity index (χ0v) is 17.9. The summed E-state index contributed by atoms with van der Waals surface area (Å²) in [6.45, 7) is 2.65. The molecule has 3 aromatic rings. The van der Waals surface area contributed by atoms with Crippen LogP contribution in [0.1, 0.15) is 31.1 Å². The molecule has 0 saturated carbocycles. The third-order valence-corrected chi connectivity index (χ3v) is 6.37. The molecule has 4 rings (SSSR count). The average Bonchev–Trinajstić information content (AvgIpc) is 3.16. The Labute approximate surface area is 179 Å². The summed E-state index contributed by atoms with van der Waals surface area (Å²) in [6, 6.07) is 13.4. The van der Waals surface area contributed by atoms with Crippen molar-refractivity contribution in [1.82, 2.24) is 9.88 Å². The molecule has 2 aromatic carbocycles. The molecule has 5 nitrogen and oxygen atoms in total. The monoisotopic (exact) mass is 429 g/mol. The summed E-state index contributed by atoms with van der Waals surface area (Å²) in [6.07, 6.45) is 4.48. The highest BCUT2D eigenvalue weighted by atomic mass is 35.5. The van der Waals surface area contributed by atoms with Crippen LogP contribution in [0.3, 0.4) is 0 Å². The molecule has 1 aliphatic heterocycles. The number of benzene rings is 2. The molecular weight excluding hydrogens is 406 g/mol. The Kier molecular flexibility index (Phi) is 6.43. The zero-order valence-electron chi connectivity index (χ0n) is 16.4. The van der Waals surface area contributed by atoms with Gasteiger partial charge in [-0.2, -0.15) is 0 Å². The van der Waals surface area contributed by atoms with Gasteiger partial charge in [-0.15, -0.1) is 11.8 Å². The molecule has 0 aliphatic carbocycles. The fraction of sp³-hybridized carbons (Fsp3) is 0.364. The molecule has 0 unspecified atom stereocenters. The fourth-order valence-corrected chi connectivity index (χ4v) is 4.44. The van der Waals surface area contributed by atoms with Crippen LogP contribution in [0.2, 0.25) is 5.02 Å². The lowest BCUT2D eigenvalue weighted by Gasteiger charge is -2.30. The van der Waals surface area contributed by atoms with Gasteiger partial charge in [-0.25, -0.2) is 4.98 Å². The number of fused-ring (bicyclic) bond motifs is 1. The van der Waals surface area contributed by atoms with E-state index in [-0.39, 0.29) is 5.91 Å². The van der Waals surface area contributed by atoms with Gasteiger partial charge in [0.2, 0.25) is 5.91 Å². The van der Waals surface area contributed by atoms with E-state index in [1.807, 2.05) is 48.7 Å². The summed E-state index contributed by atoms with van der Waals surface area (Å²) in [5.41, 5.74) is 2.49. The van der Waals surface area contributed by atoms with Gasteiger partial charge in [0.15, 0.2) is 11.5 Å². The first kappa shape index (κ1) is 20.3. The smallest absolute Gasteiger partial charge is 0.225 e. The third kappa shape index (κ3) is 4.94. The van der Waals surface area contributed by atoms with E-state index >= 15 is 0 Å². The van der Waals surface area contributed by atoms with Crippen molar-refractivity contribution in [3.63, 3.8) is 0 Å². The number of carbonyl (C=O) groups excluding carboxylic acids is 1. The molecule has 0 atom stereocenters. The molecule has 1 fully saturated rings. The number of para-hydroxylation sites is 1. The van der Waals surface area contributed by atoms with Crippen LogP contribution < -0.4 is 5.32 Å². The molecular formula is C22H24ClN3O2S. The van der Waals surface area contributed by atoms with Crippen molar-refractivity contribution in [3.8, 4) is 0 Å². The summed E-state index contributed by atoms with van der Waals surface area (Å²) in [5.74, 6) is 1.18. The van der Waals surface area contributed by atoms with Crippen molar-refractivity contribution in [2.45, 2.75) is 30.1 Å². The van der Waals surface area contributed by atoms with Crippen LogP contribution in [0, 0.1) is 0 Å². The largest absolute Gasteiger partial charge is 0.440 e. The van der Waals surface area contributed by atoms with Gasteiger partial charge in [-0.1, -0.05) is 23.7 Å². The van der Waals surface area contributed by atoms with E-state index in [1.54, 1.807) is 11.8 Å². The van der Waals surface area contributed by atoms with Crippen LogP contribution in [0.5, 0.6) is 0 Å². The van der Waals surface area contributed by atoms with E-state index in [0.29, 0.717) is 17.4 Å². The highest BCUT2D eigenvalue weighted by Crippen LogP contribution is 2.31. The minimum absolute atomic E-state index is 0.0597. The summed E-state index contributed by atoms with van der Waals surface area (Å²) >= 11 is 7.68. The number of nitrogens with one attached hydrogen (secondary N) is 1. The van der Waals surface area contributed by atoms with Gasteiger partial charge in [-0.05, 0) is 62.5 Å². The van der Waals surface area contributed by atoms with E-state index < -0.39 is 0 Å². The molecule has 2 heterocycles. The van der Waals surface area contributed by atoms with Crippen LogP contribution >= 0.6 is 23.4 Å². The Bertz CT molecular complexity index is 999. The maximum Gasteiger partial charge on any atom is 0.225 e. The maximum atomic E-state index is 12.4. The predicted molar refractivity (Wildman–Crippen MR) is 119 cm³/mol. The summed E-state index contributed by atoms with van der Waals surface area (Å²) < 4.78 is 5.93. The number of nitrogens with zero attached hydrogens (tertiary/aromatic N) is 2. The number of oxazole rings is 1. The number of likely N-dealkylation sites (tertiary alicyclic amines) is 1. The number of anilines is 1. The first-order valence-corrected chi connectivity index (χ1v) is 11.4. The van der Waals surface area contributed by atoms with Crippen molar-refractivity contribution in [2.24, 2.45) is 0 Å². The van der Waals surface area contributed by atoms with E-state index in [4.69, 9.17) is 16.0 Å². The Morgan fingerprint density at radius 1 is 1.28 bits per heavy atom. The van der Waals surface area contributed by atoms with E-state index in [1.165, 1.54) is 0 Å². The van der Waals surface area contributed by atoms with Crippen LogP contribution in [0.25, 0.3) is 11.1 Å². The van der Waals surface area contributed by atoms with Gasteiger partial charge < -0.3 is 14.6 Å². The van der Waals surface area contributed by atoms with Crippen molar-refractivity contribution < 1.29 is 9.21 Å². The van der Waals surface area contributed by atoms with Crippen LogP contribution in [-0.2, 0) is 4.79 Å².